The van der Waals surface area contributed by atoms with E-state index in [2.05, 4.69) is 15.5 Å². The Balaban J connectivity index is 1.56. The van der Waals surface area contributed by atoms with Crippen LogP contribution < -0.4 is 10.1 Å². The summed E-state index contributed by atoms with van der Waals surface area (Å²) in [5, 5.41) is 12.9. The largest absolute Gasteiger partial charge is 0.496 e. The lowest BCUT2D eigenvalue weighted by Crippen LogP contribution is -2.24. The Hall–Kier alpha value is -3.29. The third-order valence-electron chi connectivity index (χ3n) is 4.76. The molecular formula is C24H21ClN4O2S. The van der Waals surface area contributed by atoms with Crippen LogP contribution in [0.4, 0.5) is 0 Å². The molecule has 0 saturated carbocycles. The molecule has 32 heavy (non-hydrogen) atoms. The zero-order valence-corrected chi connectivity index (χ0v) is 18.9. The Kier molecular flexibility index (Phi) is 7.09. The summed E-state index contributed by atoms with van der Waals surface area (Å²) in [5.74, 6) is 1.43. The number of hydrogen-bond donors (Lipinski definition) is 1. The molecule has 0 aliphatic heterocycles. The second-order valence-electron chi connectivity index (χ2n) is 6.83. The van der Waals surface area contributed by atoms with Gasteiger partial charge in [-0.3, -0.25) is 9.36 Å². The minimum absolute atomic E-state index is 0.114. The molecule has 0 spiro atoms. The van der Waals surface area contributed by atoms with Crippen molar-refractivity contribution in [3.8, 4) is 22.8 Å². The zero-order chi connectivity index (χ0) is 22.3. The standard InChI is InChI=1S/C24H21ClN4O2S/c1-31-21-14-8-6-12-19(21)23-27-28-24(29(23)18-10-3-2-4-11-18)32-16-22(30)26-15-17-9-5-7-13-20(17)25/h2-14H,15-16H2,1H3,(H,26,30). The number of rotatable bonds is 8. The molecule has 4 rings (SSSR count). The number of hydrogen-bond acceptors (Lipinski definition) is 5. The van der Waals surface area contributed by atoms with Crippen molar-refractivity contribution in [3.63, 3.8) is 0 Å². The van der Waals surface area contributed by atoms with Crippen molar-refractivity contribution in [1.29, 1.82) is 0 Å². The number of halogens is 1. The van der Waals surface area contributed by atoms with E-state index in [1.165, 1.54) is 11.8 Å². The number of carbonyl (C=O) groups is 1. The van der Waals surface area contributed by atoms with Crippen LogP contribution in [0.3, 0.4) is 0 Å². The Morgan fingerprint density at radius 3 is 2.50 bits per heavy atom. The average molecular weight is 465 g/mol. The Morgan fingerprint density at radius 2 is 1.72 bits per heavy atom. The molecule has 0 fully saturated rings. The van der Waals surface area contributed by atoms with Crippen LogP contribution in [-0.4, -0.2) is 33.5 Å². The summed E-state index contributed by atoms with van der Waals surface area (Å²) in [7, 11) is 1.63. The fourth-order valence-electron chi connectivity index (χ4n) is 3.19. The van der Waals surface area contributed by atoms with Gasteiger partial charge in [0.15, 0.2) is 11.0 Å². The van der Waals surface area contributed by atoms with Crippen molar-refractivity contribution in [2.24, 2.45) is 0 Å². The van der Waals surface area contributed by atoms with Crippen LogP contribution >= 0.6 is 23.4 Å². The van der Waals surface area contributed by atoms with Gasteiger partial charge >= 0.3 is 0 Å². The van der Waals surface area contributed by atoms with Gasteiger partial charge in [0.1, 0.15) is 5.75 Å². The Morgan fingerprint density at radius 1 is 1.00 bits per heavy atom. The summed E-state index contributed by atoms with van der Waals surface area (Å²) in [6, 6.07) is 24.9. The number of nitrogens with zero attached hydrogens (tertiary/aromatic N) is 3. The fraction of sp³-hybridized carbons (Fsp3) is 0.125. The highest BCUT2D eigenvalue weighted by atomic mass is 35.5. The van der Waals surface area contributed by atoms with Gasteiger partial charge in [-0.05, 0) is 35.9 Å². The van der Waals surface area contributed by atoms with Crippen LogP contribution in [0, 0.1) is 0 Å². The molecule has 0 saturated heterocycles. The normalized spacial score (nSPS) is 10.7. The molecule has 1 amide bonds. The average Bonchev–Trinajstić information content (AvgIpc) is 3.26. The van der Waals surface area contributed by atoms with Gasteiger partial charge in [0.05, 0.1) is 18.4 Å². The van der Waals surface area contributed by atoms with Crippen LogP contribution in [-0.2, 0) is 11.3 Å². The van der Waals surface area contributed by atoms with Crippen LogP contribution in [0.2, 0.25) is 5.02 Å². The van der Waals surface area contributed by atoms with E-state index >= 15 is 0 Å². The molecule has 0 bridgehead atoms. The molecule has 6 nitrogen and oxygen atoms in total. The van der Waals surface area contributed by atoms with Gasteiger partial charge in [0.25, 0.3) is 0 Å². The number of thioether (sulfide) groups is 1. The third kappa shape index (κ3) is 4.95. The fourth-order valence-corrected chi connectivity index (χ4v) is 4.18. The molecule has 8 heteroatoms. The topological polar surface area (TPSA) is 69.0 Å². The second kappa shape index (κ2) is 10.3. The molecule has 0 aliphatic carbocycles. The molecule has 0 atom stereocenters. The first-order valence-corrected chi connectivity index (χ1v) is 11.3. The lowest BCUT2D eigenvalue weighted by atomic mass is 10.2. The molecule has 1 heterocycles. The van der Waals surface area contributed by atoms with Crippen molar-refractivity contribution in [1.82, 2.24) is 20.1 Å². The van der Waals surface area contributed by atoms with Crippen molar-refractivity contribution < 1.29 is 9.53 Å². The highest BCUT2D eigenvalue weighted by molar-refractivity contribution is 7.99. The first-order chi connectivity index (χ1) is 15.7. The molecule has 1 aromatic heterocycles. The Bertz CT molecular complexity index is 1210. The third-order valence-corrected chi connectivity index (χ3v) is 6.06. The van der Waals surface area contributed by atoms with Crippen LogP contribution in [0.5, 0.6) is 5.75 Å². The molecule has 3 aromatic carbocycles. The lowest BCUT2D eigenvalue weighted by molar-refractivity contribution is -0.118. The van der Waals surface area contributed by atoms with E-state index in [9.17, 15) is 4.79 Å². The minimum Gasteiger partial charge on any atom is -0.496 e. The van der Waals surface area contributed by atoms with Crippen LogP contribution in [0.25, 0.3) is 17.1 Å². The van der Waals surface area contributed by atoms with Gasteiger partial charge in [0.2, 0.25) is 5.91 Å². The zero-order valence-electron chi connectivity index (χ0n) is 17.4. The number of nitrogens with one attached hydrogen (secondary N) is 1. The van der Waals surface area contributed by atoms with Gasteiger partial charge in [0, 0.05) is 17.3 Å². The molecular weight excluding hydrogens is 444 g/mol. The quantitative estimate of drug-likeness (QED) is 0.371. The number of carbonyl (C=O) groups excluding carboxylic acids is 1. The highest BCUT2D eigenvalue weighted by Gasteiger charge is 2.19. The number of methoxy groups -OCH3 is 1. The summed E-state index contributed by atoms with van der Waals surface area (Å²) in [6.07, 6.45) is 0. The molecule has 0 radical (unpaired) electrons. The first kappa shape index (κ1) is 21.9. The van der Waals surface area contributed by atoms with Crippen molar-refractivity contribution in [2.45, 2.75) is 11.7 Å². The van der Waals surface area contributed by atoms with Crippen molar-refractivity contribution >= 4 is 29.3 Å². The summed E-state index contributed by atoms with van der Waals surface area (Å²) in [6.45, 7) is 0.372. The van der Waals surface area contributed by atoms with E-state index in [0.29, 0.717) is 28.3 Å². The van der Waals surface area contributed by atoms with Crippen LogP contribution in [0.15, 0.2) is 84.0 Å². The highest BCUT2D eigenvalue weighted by Crippen LogP contribution is 2.33. The van der Waals surface area contributed by atoms with Gasteiger partial charge in [-0.15, -0.1) is 10.2 Å². The Labute approximate surface area is 195 Å². The number of para-hydroxylation sites is 2. The molecule has 0 unspecified atom stereocenters. The number of benzene rings is 3. The first-order valence-electron chi connectivity index (χ1n) is 9.94. The van der Waals surface area contributed by atoms with E-state index in [1.807, 2.05) is 77.4 Å². The molecule has 1 N–H and O–H groups in total. The van der Waals surface area contributed by atoms with Gasteiger partial charge < -0.3 is 10.1 Å². The summed E-state index contributed by atoms with van der Waals surface area (Å²) >= 11 is 7.49. The van der Waals surface area contributed by atoms with Gasteiger partial charge in [-0.1, -0.05) is 71.9 Å². The SMILES string of the molecule is COc1ccccc1-c1nnc(SCC(=O)NCc2ccccc2Cl)n1-c1ccccc1. The monoisotopic (exact) mass is 464 g/mol. The molecule has 162 valence electrons. The van der Waals surface area contributed by atoms with Crippen LogP contribution in [0.1, 0.15) is 5.56 Å². The molecule has 4 aromatic rings. The predicted molar refractivity (Wildman–Crippen MR) is 127 cm³/mol. The van der Waals surface area contributed by atoms with Gasteiger partial charge in [-0.2, -0.15) is 0 Å². The summed E-state index contributed by atoms with van der Waals surface area (Å²) in [5.41, 5.74) is 2.59. The predicted octanol–water partition coefficient (Wildman–Crippen LogP) is 5.00. The number of ether oxygens (including phenoxy) is 1. The maximum atomic E-state index is 12.5. The number of amides is 1. The summed E-state index contributed by atoms with van der Waals surface area (Å²) in [4.78, 5) is 12.5. The number of aromatic nitrogens is 3. The van der Waals surface area contributed by atoms with E-state index < -0.39 is 0 Å². The van der Waals surface area contributed by atoms with Crippen molar-refractivity contribution in [3.05, 3.63) is 89.4 Å². The lowest BCUT2D eigenvalue weighted by Gasteiger charge is -2.12. The van der Waals surface area contributed by atoms with E-state index in [1.54, 1.807) is 13.2 Å². The maximum Gasteiger partial charge on any atom is 0.230 e. The maximum absolute atomic E-state index is 12.5. The van der Waals surface area contributed by atoms with Crippen molar-refractivity contribution in [2.75, 3.05) is 12.9 Å². The van der Waals surface area contributed by atoms with E-state index in [4.69, 9.17) is 16.3 Å². The second-order valence-corrected chi connectivity index (χ2v) is 8.18. The smallest absolute Gasteiger partial charge is 0.230 e. The van der Waals surface area contributed by atoms with E-state index in [0.717, 1.165) is 16.8 Å². The van der Waals surface area contributed by atoms with E-state index in [-0.39, 0.29) is 11.7 Å². The minimum atomic E-state index is -0.114. The van der Waals surface area contributed by atoms with Gasteiger partial charge in [-0.25, -0.2) is 0 Å². The molecule has 0 aliphatic rings. The summed E-state index contributed by atoms with van der Waals surface area (Å²) < 4.78 is 7.45.